The standard InChI is InChI=1S/C25H27F2N5O3/c1-14(17-4-3-5-21-18(17)6-9-25(21,26)27)29-23(34)20-13-32(24(35)19-12-28-30-22(19)20)16-7-10-31(11-8-16)15(2)33/h3-5,12-14,16H,6-11H2,1-2H3,(H,28,30)(H,29,34)/t14-/m1/s1. The zero-order valence-electron chi connectivity index (χ0n) is 19.6. The number of piperidine rings is 1. The molecule has 2 amide bonds. The Morgan fingerprint density at radius 1 is 1.26 bits per heavy atom. The van der Waals surface area contributed by atoms with Crippen molar-refractivity contribution in [1.29, 1.82) is 0 Å². The second kappa shape index (κ2) is 8.58. The summed E-state index contributed by atoms with van der Waals surface area (Å²) in [6, 6.07) is 4.14. The van der Waals surface area contributed by atoms with Crippen LogP contribution in [-0.4, -0.2) is 44.6 Å². The van der Waals surface area contributed by atoms with Crippen LogP contribution >= 0.6 is 0 Å². The molecule has 0 saturated carbocycles. The first-order valence-corrected chi connectivity index (χ1v) is 11.8. The molecule has 3 heterocycles. The minimum atomic E-state index is -2.86. The molecular formula is C25H27F2N5O3. The van der Waals surface area contributed by atoms with Crippen molar-refractivity contribution in [2.75, 3.05) is 13.1 Å². The Hall–Kier alpha value is -3.56. The number of alkyl halides is 2. The van der Waals surface area contributed by atoms with E-state index < -0.39 is 17.9 Å². The zero-order chi connectivity index (χ0) is 24.9. The van der Waals surface area contributed by atoms with Crippen molar-refractivity contribution in [2.24, 2.45) is 0 Å². The summed E-state index contributed by atoms with van der Waals surface area (Å²) in [7, 11) is 0. The topological polar surface area (TPSA) is 100 Å². The highest BCUT2D eigenvalue weighted by Crippen LogP contribution is 2.43. The Morgan fingerprint density at radius 2 is 2.00 bits per heavy atom. The van der Waals surface area contributed by atoms with Gasteiger partial charge in [0, 0.05) is 44.2 Å². The number of nitrogens with zero attached hydrogens (tertiary/aromatic N) is 3. The van der Waals surface area contributed by atoms with Gasteiger partial charge >= 0.3 is 0 Å². The van der Waals surface area contributed by atoms with E-state index in [4.69, 9.17) is 0 Å². The fraction of sp³-hybridized carbons (Fsp3) is 0.440. The maximum Gasteiger partial charge on any atom is 0.273 e. The van der Waals surface area contributed by atoms with Gasteiger partial charge in [-0.05, 0) is 37.3 Å². The molecule has 1 aromatic carbocycles. The third-order valence-electron chi connectivity index (χ3n) is 7.30. The van der Waals surface area contributed by atoms with Gasteiger partial charge in [0.1, 0.15) is 0 Å². The average molecular weight is 484 g/mol. The highest BCUT2D eigenvalue weighted by atomic mass is 19.3. The molecule has 0 unspecified atom stereocenters. The first-order valence-electron chi connectivity index (χ1n) is 11.8. The van der Waals surface area contributed by atoms with Crippen molar-refractivity contribution in [2.45, 2.75) is 57.5 Å². The lowest BCUT2D eigenvalue weighted by atomic mass is 9.97. The van der Waals surface area contributed by atoms with Gasteiger partial charge in [0.2, 0.25) is 5.91 Å². The first-order chi connectivity index (χ1) is 16.7. The van der Waals surface area contributed by atoms with Crippen LogP contribution in [0.15, 0.2) is 35.4 Å². The predicted molar refractivity (Wildman–Crippen MR) is 125 cm³/mol. The Labute approximate surface area is 200 Å². The summed E-state index contributed by atoms with van der Waals surface area (Å²) < 4.78 is 30.0. The van der Waals surface area contributed by atoms with E-state index in [1.54, 1.807) is 34.7 Å². The molecule has 35 heavy (non-hydrogen) atoms. The zero-order valence-corrected chi connectivity index (χ0v) is 19.6. The van der Waals surface area contributed by atoms with E-state index in [2.05, 4.69) is 15.5 Å². The van der Waals surface area contributed by atoms with E-state index >= 15 is 0 Å². The molecule has 1 aliphatic carbocycles. The lowest BCUT2D eigenvalue weighted by Gasteiger charge is -2.32. The lowest BCUT2D eigenvalue weighted by molar-refractivity contribution is -0.130. The molecule has 2 aromatic heterocycles. The largest absolute Gasteiger partial charge is 0.345 e. The second-order valence-corrected chi connectivity index (χ2v) is 9.42. The van der Waals surface area contributed by atoms with Crippen LogP contribution in [0.1, 0.15) is 72.2 Å². The first kappa shape index (κ1) is 23.2. The highest BCUT2D eigenvalue weighted by Gasteiger charge is 2.40. The fourth-order valence-electron chi connectivity index (χ4n) is 5.36. The van der Waals surface area contributed by atoms with E-state index in [0.29, 0.717) is 48.0 Å². The Bertz CT molecular complexity index is 1370. The van der Waals surface area contributed by atoms with Crippen molar-refractivity contribution < 1.29 is 18.4 Å². The summed E-state index contributed by atoms with van der Waals surface area (Å²) in [6.45, 7) is 4.37. The molecule has 0 spiro atoms. The molecule has 10 heteroatoms. The summed E-state index contributed by atoms with van der Waals surface area (Å²) in [4.78, 5) is 39.9. The number of halogens is 2. The molecule has 1 aliphatic heterocycles. The van der Waals surface area contributed by atoms with Gasteiger partial charge in [-0.3, -0.25) is 19.5 Å². The summed E-state index contributed by atoms with van der Waals surface area (Å²) in [5.41, 5.74) is 1.62. The molecule has 2 N–H and O–H groups in total. The number of fused-ring (bicyclic) bond motifs is 2. The van der Waals surface area contributed by atoms with Crippen LogP contribution in [0.3, 0.4) is 0 Å². The van der Waals surface area contributed by atoms with Crippen LogP contribution in [0.5, 0.6) is 0 Å². The Balaban J connectivity index is 1.45. The third-order valence-corrected chi connectivity index (χ3v) is 7.30. The van der Waals surface area contributed by atoms with Gasteiger partial charge in [-0.2, -0.15) is 5.10 Å². The maximum absolute atomic E-state index is 14.2. The van der Waals surface area contributed by atoms with E-state index in [0.717, 1.165) is 0 Å². The molecule has 5 rings (SSSR count). The monoisotopic (exact) mass is 483 g/mol. The number of carbonyl (C=O) groups is 2. The van der Waals surface area contributed by atoms with Crippen LogP contribution in [0.4, 0.5) is 8.78 Å². The number of carbonyl (C=O) groups excluding carboxylic acids is 2. The molecule has 1 atom stereocenters. The number of benzene rings is 1. The van der Waals surface area contributed by atoms with Crippen molar-refractivity contribution >= 4 is 22.7 Å². The number of rotatable bonds is 4. The van der Waals surface area contributed by atoms with Crippen molar-refractivity contribution in [3.05, 3.63) is 63.2 Å². The summed E-state index contributed by atoms with van der Waals surface area (Å²) in [5.74, 6) is -3.28. The number of likely N-dealkylation sites (tertiary alicyclic amines) is 1. The Kier molecular flexibility index (Phi) is 5.69. The number of pyridine rings is 1. The smallest absolute Gasteiger partial charge is 0.273 e. The summed E-state index contributed by atoms with van der Waals surface area (Å²) >= 11 is 0. The number of hydrogen-bond acceptors (Lipinski definition) is 4. The average Bonchev–Trinajstić information content (AvgIpc) is 3.44. The molecule has 1 saturated heterocycles. The van der Waals surface area contributed by atoms with Crippen LogP contribution in [0.25, 0.3) is 10.9 Å². The van der Waals surface area contributed by atoms with E-state index in [-0.39, 0.29) is 41.5 Å². The van der Waals surface area contributed by atoms with Gasteiger partial charge in [0.25, 0.3) is 17.4 Å². The van der Waals surface area contributed by atoms with Gasteiger partial charge in [-0.1, -0.05) is 18.2 Å². The molecule has 0 bridgehead atoms. The van der Waals surface area contributed by atoms with Crippen molar-refractivity contribution in [3.63, 3.8) is 0 Å². The van der Waals surface area contributed by atoms with Gasteiger partial charge in [-0.25, -0.2) is 8.78 Å². The quantitative estimate of drug-likeness (QED) is 0.594. The molecule has 1 fully saturated rings. The van der Waals surface area contributed by atoms with Crippen LogP contribution in [0, 0.1) is 0 Å². The van der Waals surface area contributed by atoms with E-state index in [1.165, 1.54) is 19.2 Å². The van der Waals surface area contributed by atoms with Crippen molar-refractivity contribution in [3.8, 4) is 0 Å². The molecule has 0 radical (unpaired) electrons. The van der Waals surface area contributed by atoms with Gasteiger partial charge in [0.05, 0.1) is 28.7 Å². The van der Waals surface area contributed by atoms with Crippen molar-refractivity contribution in [1.82, 2.24) is 25.0 Å². The normalized spacial score (nSPS) is 18.5. The maximum atomic E-state index is 14.2. The SMILES string of the molecule is CC(=O)N1CCC(n2cc(C(=O)N[C@H](C)c3cccc4c3CCC4(F)F)c3[nH]ncc3c2=O)CC1. The van der Waals surface area contributed by atoms with E-state index in [9.17, 15) is 23.2 Å². The van der Waals surface area contributed by atoms with E-state index in [1.807, 2.05) is 0 Å². The van der Waals surface area contributed by atoms with Crippen LogP contribution in [-0.2, 0) is 17.1 Å². The molecule has 184 valence electrons. The number of hydrogen-bond donors (Lipinski definition) is 2. The number of aromatic nitrogens is 3. The fourth-order valence-corrected chi connectivity index (χ4v) is 5.36. The predicted octanol–water partition coefficient (Wildman–Crippen LogP) is 3.44. The lowest BCUT2D eigenvalue weighted by Crippen LogP contribution is -2.40. The second-order valence-electron chi connectivity index (χ2n) is 9.42. The van der Waals surface area contributed by atoms with Gasteiger partial charge in [0.15, 0.2) is 0 Å². The van der Waals surface area contributed by atoms with Crippen LogP contribution in [0.2, 0.25) is 0 Å². The molecule has 8 nitrogen and oxygen atoms in total. The third kappa shape index (κ3) is 4.00. The van der Waals surface area contributed by atoms with Gasteiger partial charge < -0.3 is 14.8 Å². The number of H-pyrrole nitrogens is 1. The molecule has 3 aromatic rings. The number of nitrogens with one attached hydrogen (secondary N) is 2. The Morgan fingerprint density at radius 3 is 2.71 bits per heavy atom. The minimum Gasteiger partial charge on any atom is -0.345 e. The highest BCUT2D eigenvalue weighted by molar-refractivity contribution is 6.05. The van der Waals surface area contributed by atoms with Crippen LogP contribution < -0.4 is 10.9 Å². The summed E-state index contributed by atoms with van der Waals surface area (Å²) in [6.07, 6.45) is 4.18. The number of amides is 2. The summed E-state index contributed by atoms with van der Waals surface area (Å²) in [5, 5.41) is 9.95. The van der Waals surface area contributed by atoms with Gasteiger partial charge in [-0.15, -0.1) is 0 Å². The number of aromatic amines is 1. The molecular weight excluding hydrogens is 456 g/mol. The molecule has 2 aliphatic rings. The minimum absolute atomic E-state index is 0.000276.